The van der Waals surface area contributed by atoms with Crippen LogP contribution in [0.3, 0.4) is 0 Å². The predicted octanol–water partition coefficient (Wildman–Crippen LogP) is 1.55. The second-order valence-corrected chi connectivity index (χ2v) is 4.70. The van der Waals surface area contributed by atoms with Crippen molar-refractivity contribution in [3.63, 3.8) is 0 Å². The van der Waals surface area contributed by atoms with E-state index in [1.807, 2.05) is 30.5 Å². The molecule has 0 saturated carbocycles. The first-order chi connectivity index (χ1) is 9.67. The van der Waals surface area contributed by atoms with E-state index < -0.39 is 0 Å². The molecule has 0 saturated heterocycles. The van der Waals surface area contributed by atoms with Crippen LogP contribution in [-0.4, -0.2) is 22.8 Å². The van der Waals surface area contributed by atoms with Crippen molar-refractivity contribution < 1.29 is 4.74 Å². The number of nitrogens with one attached hydrogen (secondary N) is 1. The molecule has 0 aliphatic heterocycles. The number of hydrogen-bond donors (Lipinski definition) is 1. The third kappa shape index (κ3) is 2.93. The van der Waals surface area contributed by atoms with Crippen molar-refractivity contribution in [2.45, 2.75) is 19.5 Å². The van der Waals surface area contributed by atoms with Crippen molar-refractivity contribution in [2.75, 3.05) is 13.7 Å². The summed E-state index contributed by atoms with van der Waals surface area (Å²) in [5.41, 5.74) is 1.05. The molecule has 1 heterocycles. The maximum absolute atomic E-state index is 12.0. The number of ether oxygens (including phenoxy) is 1. The van der Waals surface area contributed by atoms with Crippen molar-refractivity contribution in [1.82, 2.24) is 14.5 Å². The van der Waals surface area contributed by atoms with E-state index in [4.69, 9.17) is 4.74 Å². The summed E-state index contributed by atoms with van der Waals surface area (Å²) >= 11 is 0. The van der Waals surface area contributed by atoms with Crippen LogP contribution in [0.4, 0.5) is 0 Å². The molecular weight excluding hydrogens is 254 g/mol. The Balaban J connectivity index is 2.31. The fourth-order valence-electron chi connectivity index (χ4n) is 2.32. The molecule has 1 unspecified atom stereocenters. The summed E-state index contributed by atoms with van der Waals surface area (Å²) in [6.45, 7) is 3.45. The first-order valence-electron chi connectivity index (χ1n) is 6.75. The maximum atomic E-state index is 12.0. The molecule has 0 fully saturated rings. The van der Waals surface area contributed by atoms with Gasteiger partial charge >= 0.3 is 5.69 Å². The first kappa shape index (κ1) is 14.4. The number of likely N-dealkylation sites (N-methyl/N-ethyl adjacent to an activating group) is 1. The molecule has 0 spiro atoms. The van der Waals surface area contributed by atoms with Gasteiger partial charge in [-0.1, -0.05) is 25.1 Å². The molecule has 1 N–H and O–H groups in total. The number of para-hydroxylation sites is 1. The van der Waals surface area contributed by atoms with Gasteiger partial charge in [0.2, 0.25) is 0 Å². The molecule has 1 aromatic heterocycles. The van der Waals surface area contributed by atoms with Crippen LogP contribution in [0.5, 0.6) is 5.75 Å². The lowest BCUT2D eigenvalue weighted by molar-refractivity contribution is 0.389. The quantitative estimate of drug-likeness (QED) is 0.870. The van der Waals surface area contributed by atoms with E-state index in [9.17, 15) is 4.79 Å². The van der Waals surface area contributed by atoms with Crippen LogP contribution >= 0.6 is 0 Å². The second-order valence-electron chi connectivity index (χ2n) is 4.70. The molecule has 2 aromatic rings. The van der Waals surface area contributed by atoms with E-state index in [0.717, 1.165) is 17.9 Å². The minimum absolute atomic E-state index is 0.0113. The monoisotopic (exact) mass is 275 g/mol. The maximum Gasteiger partial charge on any atom is 0.327 e. The van der Waals surface area contributed by atoms with Gasteiger partial charge in [0.1, 0.15) is 5.75 Å². The van der Waals surface area contributed by atoms with Gasteiger partial charge in [-0.15, -0.1) is 0 Å². The lowest BCUT2D eigenvalue weighted by Crippen LogP contribution is -2.31. The van der Waals surface area contributed by atoms with Gasteiger partial charge in [-0.2, -0.15) is 0 Å². The number of methoxy groups -OCH3 is 1. The molecule has 0 aliphatic carbocycles. The summed E-state index contributed by atoms with van der Waals surface area (Å²) in [5, 5.41) is 3.41. The number of hydrogen-bond acceptors (Lipinski definition) is 3. The lowest BCUT2D eigenvalue weighted by Gasteiger charge is -2.20. The van der Waals surface area contributed by atoms with Crippen molar-refractivity contribution in [3.8, 4) is 5.75 Å². The third-order valence-corrected chi connectivity index (χ3v) is 3.36. The molecular formula is C15H21N3O2. The summed E-state index contributed by atoms with van der Waals surface area (Å²) in [7, 11) is 3.42. The van der Waals surface area contributed by atoms with E-state index in [-0.39, 0.29) is 11.7 Å². The summed E-state index contributed by atoms with van der Waals surface area (Å²) in [6, 6.07) is 7.93. The average molecular weight is 275 g/mol. The van der Waals surface area contributed by atoms with Crippen LogP contribution < -0.4 is 15.7 Å². The topological polar surface area (TPSA) is 48.2 Å². The van der Waals surface area contributed by atoms with Crippen LogP contribution in [0, 0.1) is 0 Å². The minimum atomic E-state index is -0.0113. The number of aryl methyl sites for hydroxylation is 1. The molecule has 1 atom stereocenters. The van der Waals surface area contributed by atoms with Crippen LogP contribution in [0.2, 0.25) is 0 Å². The van der Waals surface area contributed by atoms with Gasteiger partial charge < -0.3 is 14.6 Å². The molecule has 2 rings (SSSR count). The van der Waals surface area contributed by atoms with Gasteiger partial charge in [0.25, 0.3) is 0 Å². The van der Waals surface area contributed by atoms with Crippen LogP contribution in [0.15, 0.2) is 41.5 Å². The average Bonchev–Trinajstić information content (AvgIpc) is 2.78. The van der Waals surface area contributed by atoms with Gasteiger partial charge in [-0.3, -0.25) is 4.57 Å². The highest BCUT2D eigenvalue weighted by Gasteiger charge is 2.16. The summed E-state index contributed by atoms with van der Waals surface area (Å²) in [6.07, 6.45) is 3.58. The molecule has 0 bridgehead atoms. The predicted molar refractivity (Wildman–Crippen MR) is 79.1 cm³/mol. The number of rotatable bonds is 6. The van der Waals surface area contributed by atoms with Gasteiger partial charge in [-0.05, 0) is 12.6 Å². The van der Waals surface area contributed by atoms with Gasteiger partial charge in [0, 0.05) is 31.5 Å². The van der Waals surface area contributed by atoms with Gasteiger partial charge in [-0.25, -0.2) is 4.79 Å². The Morgan fingerprint density at radius 1 is 1.30 bits per heavy atom. The Bertz CT molecular complexity index is 616. The zero-order valence-electron chi connectivity index (χ0n) is 12.2. The highest BCUT2D eigenvalue weighted by atomic mass is 16.5. The van der Waals surface area contributed by atoms with Crippen LogP contribution in [-0.2, 0) is 13.6 Å². The van der Waals surface area contributed by atoms with Gasteiger partial charge in [0.15, 0.2) is 0 Å². The fraction of sp³-hybridized carbons (Fsp3) is 0.400. The molecule has 5 heteroatoms. The first-order valence-corrected chi connectivity index (χ1v) is 6.75. The highest BCUT2D eigenvalue weighted by Crippen LogP contribution is 2.25. The Hall–Kier alpha value is -2.01. The van der Waals surface area contributed by atoms with Crippen molar-refractivity contribution in [2.24, 2.45) is 7.05 Å². The molecule has 5 nitrogen and oxygen atoms in total. The van der Waals surface area contributed by atoms with Crippen molar-refractivity contribution in [1.29, 1.82) is 0 Å². The van der Waals surface area contributed by atoms with E-state index in [0.29, 0.717) is 6.54 Å². The zero-order valence-corrected chi connectivity index (χ0v) is 12.2. The molecule has 0 aliphatic rings. The largest absolute Gasteiger partial charge is 0.496 e. The number of imidazole rings is 1. The SMILES string of the molecule is CCNC(Cn1ccn(C)c1=O)c1ccccc1OC. The van der Waals surface area contributed by atoms with E-state index in [1.165, 1.54) is 0 Å². The molecule has 108 valence electrons. The highest BCUT2D eigenvalue weighted by molar-refractivity contribution is 5.35. The van der Waals surface area contributed by atoms with Crippen LogP contribution in [0.25, 0.3) is 0 Å². The number of aromatic nitrogens is 2. The molecule has 0 amide bonds. The standard InChI is InChI=1S/C15H21N3O2/c1-4-16-13(11-18-10-9-17(2)15(18)19)12-7-5-6-8-14(12)20-3/h5-10,13,16H,4,11H2,1-3H3. The molecule has 20 heavy (non-hydrogen) atoms. The number of nitrogens with zero attached hydrogens (tertiary/aromatic N) is 2. The molecule has 1 aromatic carbocycles. The Labute approximate surface area is 118 Å². The summed E-state index contributed by atoms with van der Waals surface area (Å²) < 4.78 is 8.70. The van der Waals surface area contributed by atoms with Crippen LogP contribution in [0.1, 0.15) is 18.5 Å². The fourth-order valence-corrected chi connectivity index (χ4v) is 2.32. The van der Waals surface area contributed by atoms with Gasteiger partial charge in [0.05, 0.1) is 13.2 Å². The Kier molecular flexibility index (Phi) is 4.63. The van der Waals surface area contributed by atoms with E-state index in [1.54, 1.807) is 29.5 Å². The molecule has 0 radical (unpaired) electrons. The van der Waals surface area contributed by atoms with Crippen molar-refractivity contribution >= 4 is 0 Å². The minimum Gasteiger partial charge on any atom is -0.496 e. The van der Waals surface area contributed by atoms with E-state index in [2.05, 4.69) is 12.2 Å². The Morgan fingerprint density at radius 2 is 2.05 bits per heavy atom. The van der Waals surface area contributed by atoms with E-state index >= 15 is 0 Å². The summed E-state index contributed by atoms with van der Waals surface area (Å²) in [4.78, 5) is 12.0. The smallest absolute Gasteiger partial charge is 0.327 e. The zero-order chi connectivity index (χ0) is 14.5. The normalized spacial score (nSPS) is 12.3. The number of benzene rings is 1. The second kappa shape index (κ2) is 6.43. The third-order valence-electron chi connectivity index (χ3n) is 3.36. The summed E-state index contributed by atoms with van der Waals surface area (Å²) in [5.74, 6) is 0.836. The Morgan fingerprint density at radius 3 is 2.65 bits per heavy atom. The van der Waals surface area contributed by atoms with Crippen molar-refractivity contribution in [3.05, 3.63) is 52.7 Å². The lowest BCUT2D eigenvalue weighted by atomic mass is 10.1.